The zero-order valence-corrected chi connectivity index (χ0v) is 12.8. The molecule has 0 aliphatic heterocycles. The molecule has 3 heteroatoms. The average molecular weight is 268 g/mol. The van der Waals surface area contributed by atoms with Crippen molar-refractivity contribution in [3.05, 3.63) is 0 Å². The summed E-state index contributed by atoms with van der Waals surface area (Å²) in [5, 5.41) is 3.08. The molecule has 0 aromatic heterocycles. The minimum absolute atomic E-state index is 0.159. The van der Waals surface area contributed by atoms with Crippen LogP contribution in [-0.4, -0.2) is 18.5 Å². The Kier molecular flexibility index (Phi) is 8.11. The Bertz CT molecular complexity index is 255. The Hall–Kier alpha value is -0.570. The molecule has 1 fully saturated rings. The first kappa shape index (κ1) is 16.5. The summed E-state index contributed by atoms with van der Waals surface area (Å²) in [6.45, 7) is 5.26. The van der Waals surface area contributed by atoms with Crippen LogP contribution in [0.1, 0.15) is 71.6 Å². The molecule has 3 N–H and O–H groups in total. The van der Waals surface area contributed by atoms with Crippen molar-refractivity contribution in [2.45, 2.75) is 77.7 Å². The lowest BCUT2D eigenvalue weighted by atomic mass is 9.79. The van der Waals surface area contributed by atoms with E-state index in [9.17, 15) is 4.79 Å². The molecule has 0 bridgehead atoms. The molecule has 1 saturated carbocycles. The largest absolute Gasteiger partial charge is 0.356 e. The summed E-state index contributed by atoms with van der Waals surface area (Å²) in [5.41, 5.74) is 6.05. The van der Waals surface area contributed by atoms with Crippen molar-refractivity contribution in [1.82, 2.24) is 5.32 Å². The summed E-state index contributed by atoms with van der Waals surface area (Å²) in [5.74, 6) is 0.963. The highest BCUT2D eigenvalue weighted by Gasteiger charge is 2.29. The number of nitrogens with two attached hydrogens (primary N) is 1. The van der Waals surface area contributed by atoms with Crippen molar-refractivity contribution in [2.75, 3.05) is 6.54 Å². The zero-order chi connectivity index (χ0) is 14.1. The van der Waals surface area contributed by atoms with Crippen LogP contribution in [0, 0.1) is 11.8 Å². The molecule has 19 heavy (non-hydrogen) atoms. The molecular weight excluding hydrogens is 236 g/mol. The van der Waals surface area contributed by atoms with Gasteiger partial charge in [0.2, 0.25) is 5.91 Å². The van der Waals surface area contributed by atoms with Crippen molar-refractivity contribution in [3.63, 3.8) is 0 Å². The second-order valence-corrected chi connectivity index (χ2v) is 6.21. The number of carbonyl (C=O) groups excluding carboxylic acids is 1. The monoisotopic (exact) mass is 268 g/mol. The maximum atomic E-state index is 12.0. The standard InChI is InChI=1S/C16H32N2O/c1-3-4-5-6-7-8-11-18-16(19)14-10-9-13(2)15(17)12-14/h13-15H,3-12,17H2,1-2H3,(H,18,19). The minimum atomic E-state index is 0.159. The maximum Gasteiger partial charge on any atom is 0.223 e. The lowest BCUT2D eigenvalue weighted by Gasteiger charge is -2.31. The highest BCUT2D eigenvalue weighted by molar-refractivity contribution is 5.78. The minimum Gasteiger partial charge on any atom is -0.356 e. The summed E-state index contributed by atoms with van der Waals surface area (Å²) in [6.07, 6.45) is 10.6. The van der Waals surface area contributed by atoms with Crippen LogP contribution in [0.4, 0.5) is 0 Å². The maximum absolute atomic E-state index is 12.0. The fraction of sp³-hybridized carbons (Fsp3) is 0.938. The fourth-order valence-corrected chi connectivity index (χ4v) is 2.86. The smallest absolute Gasteiger partial charge is 0.223 e. The Labute approximate surface area is 118 Å². The molecule has 3 atom stereocenters. The molecule has 0 aromatic rings. The van der Waals surface area contributed by atoms with Crippen LogP contribution in [0.25, 0.3) is 0 Å². The molecule has 0 heterocycles. The molecule has 1 aliphatic carbocycles. The van der Waals surface area contributed by atoms with E-state index >= 15 is 0 Å². The molecular formula is C16H32N2O. The molecule has 1 rings (SSSR count). The first-order valence-electron chi connectivity index (χ1n) is 8.18. The van der Waals surface area contributed by atoms with E-state index in [1.54, 1.807) is 0 Å². The average Bonchev–Trinajstić information content (AvgIpc) is 2.40. The van der Waals surface area contributed by atoms with E-state index in [1.165, 1.54) is 32.1 Å². The molecule has 0 radical (unpaired) electrons. The van der Waals surface area contributed by atoms with Crippen LogP contribution in [0.5, 0.6) is 0 Å². The van der Waals surface area contributed by atoms with Crippen molar-refractivity contribution < 1.29 is 4.79 Å². The number of nitrogens with one attached hydrogen (secondary N) is 1. The van der Waals surface area contributed by atoms with Gasteiger partial charge in [-0.25, -0.2) is 0 Å². The van der Waals surface area contributed by atoms with Crippen LogP contribution >= 0.6 is 0 Å². The molecule has 0 saturated heterocycles. The van der Waals surface area contributed by atoms with E-state index in [0.717, 1.165) is 32.2 Å². The van der Waals surface area contributed by atoms with Gasteiger partial charge in [0.15, 0.2) is 0 Å². The summed E-state index contributed by atoms with van der Waals surface area (Å²) in [4.78, 5) is 12.0. The van der Waals surface area contributed by atoms with Gasteiger partial charge in [-0.2, -0.15) is 0 Å². The van der Waals surface area contributed by atoms with Gasteiger partial charge in [-0.05, 0) is 31.6 Å². The van der Waals surface area contributed by atoms with Crippen LogP contribution in [0.15, 0.2) is 0 Å². The number of carbonyl (C=O) groups is 1. The Morgan fingerprint density at radius 3 is 2.53 bits per heavy atom. The van der Waals surface area contributed by atoms with Gasteiger partial charge in [0.1, 0.15) is 0 Å². The lowest BCUT2D eigenvalue weighted by Crippen LogP contribution is -2.41. The molecule has 3 nitrogen and oxygen atoms in total. The van der Waals surface area contributed by atoms with Crippen molar-refractivity contribution in [3.8, 4) is 0 Å². The van der Waals surface area contributed by atoms with Crippen LogP contribution in [-0.2, 0) is 4.79 Å². The van der Waals surface area contributed by atoms with Gasteiger partial charge < -0.3 is 11.1 Å². The van der Waals surface area contributed by atoms with Crippen molar-refractivity contribution >= 4 is 5.91 Å². The van der Waals surface area contributed by atoms with Crippen LogP contribution in [0.3, 0.4) is 0 Å². The van der Waals surface area contributed by atoms with Gasteiger partial charge in [0, 0.05) is 18.5 Å². The normalized spacial score (nSPS) is 27.2. The summed E-state index contributed by atoms with van der Waals surface area (Å²) >= 11 is 0. The molecule has 1 amide bonds. The van der Waals surface area contributed by atoms with E-state index in [4.69, 9.17) is 5.73 Å². The number of hydrogen-bond acceptors (Lipinski definition) is 2. The van der Waals surface area contributed by atoms with Gasteiger partial charge in [-0.3, -0.25) is 4.79 Å². The predicted octanol–water partition coefficient (Wildman–Crippen LogP) is 3.23. The summed E-state index contributed by atoms with van der Waals surface area (Å²) < 4.78 is 0. The van der Waals surface area contributed by atoms with E-state index in [1.807, 2.05) is 0 Å². The van der Waals surface area contributed by atoms with Gasteiger partial charge in [0.25, 0.3) is 0 Å². The predicted molar refractivity (Wildman–Crippen MR) is 80.9 cm³/mol. The molecule has 112 valence electrons. The van der Waals surface area contributed by atoms with Gasteiger partial charge >= 0.3 is 0 Å². The van der Waals surface area contributed by atoms with Gasteiger partial charge in [-0.15, -0.1) is 0 Å². The van der Waals surface area contributed by atoms with Crippen LogP contribution in [0.2, 0.25) is 0 Å². The lowest BCUT2D eigenvalue weighted by molar-refractivity contribution is -0.126. The third-order valence-corrected chi connectivity index (χ3v) is 4.46. The quantitative estimate of drug-likeness (QED) is 0.664. The zero-order valence-electron chi connectivity index (χ0n) is 12.8. The number of rotatable bonds is 8. The van der Waals surface area contributed by atoms with Gasteiger partial charge in [0.05, 0.1) is 0 Å². The second-order valence-electron chi connectivity index (χ2n) is 6.21. The van der Waals surface area contributed by atoms with Crippen molar-refractivity contribution in [2.24, 2.45) is 17.6 Å². The first-order valence-corrected chi connectivity index (χ1v) is 8.18. The third-order valence-electron chi connectivity index (χ3n) is 4.46. The van der Waals surface area contributed by atoms with Crippen molar-refractivity contribution in [1.29, 1.82) is 0 Å². The second kappa shape index (κ2) is 9.35. The first-order chi connectivity index (χ1) is 9.15. The summed E-state index contributed by atoms with van der Waals surface area (Å²) in [7, 11) is 0. The van der Waals surface area contributed by atoms with E-state index in [-0.39, 0.29) is 17.9 Å². The van der Waals surface area contributed by atoms with E-state index < -0.39 is 0 Å². The van der Waals surface area contributed by atoms with Crippen LogP contribution < -0.4 is 11.1 Å². The Morgan fingerprint density at radius 2 is 1.84 bits per heavy atom. The number of hydrogen-bond donors (Lipinski definition) is 2. The molecule has 3 unspecified atom stereocenters. The Balaban J connectivity index is 2.04. The number of amides is 1. The number of unbranched alkanes of at least 4 members (excludes halogenated alkanes) is 5. The fourth-order valence-electron chi connectivity index (χ4n) is 2.86. The Morgan fingerprint density at radius 1 is 1.16 bits per heavy atom. The van der Waals surface area contributed by atoms with E-state index in [0.29, 0.717) is 5.92 Å². The molecule has 0 spiro atoms. The highest BCUT2D eigenvalue weighted by Crippen LogP contribution is 2.27. The summed E-state index contributed by atoms with van der Waals surface area (Å²) in [6, 6.07) is 0.207. The molecule has 0 aromatic carbocycles. The SMILES string of the molecule is CCCCCCCCNC(=O)C1CCC(C)C(N)C1. The van der Waals surface area contributed by atoms with Gasteiger partial charge in [-0.1, -0.05) is 46.0 Å². The molecule has 1 aliphatic rings. The topological polar surface area (TPSA) is 55.1 Å². The van der Waals surface area contributed by atoms with E-state index in [2.05, 4.69) is 19.2 Å². The highest BCUT2D eigenvalue weighted by atomic mass is 16.1. The third kappa shape index (κ3) is 6.42.